The largest absolute Gasteiger partial charge is 0.402 e. The molecule has 0 radical (unpaired) electrons. The van der Waals surface area contributed by atoms with E-state index in [1.54, 1.807) is 36.4 Å². The molecule has 0 heterocycles. The molecule has 0 aromatic heterocycles. The molecular formula is C31H35F4N3. The van der Waals surface area contributed by atoms with Crippen molar-refractivity contribution in [2.75, 3.05) is 13.1 Å². The van der Waals surface area contributed by atoms with Gasteiger partial charge in [0.1, 0.15) is 5.82 Å². The maximum Gasteiger partial charge on any atom is 0.393 e. The average Bonchev–Trinajstić information content (AvgIpc) is 3.64. The minimum atomic E-state index is -4.23. The van der Waals surface area contributed by atoms with Crippen molar-refractivity contribution < 1.29 is 17.6 Å². The van der Waals surface area contributed by atoms with Crippen molar-refractivity contribution in [3.8, 4) is 11.8 Å². The molecule has 0 saturated heterocycles. The highest BCUT2D eigenvalue weighted by molar-refractivity contribution is 5.43. The number of allylic oxidation sites excluding steroid dienone is 1. The normalized spacial score (nSPS) is 14.6. The number of benzene rings is 2. The van der Waals surface area contributed by atoms with Gasteiger partial charge in [0.25, 0.3) is 0 Å². The Balaban J connectivity index is 1.70. The fourth-order valence-electron chi connectivity index (χ4n) is 4.55. The van der Waals surface area contributed by atoms with E-state index in [-0.39, 0.29) is 22.8 Å². The maximum atomic E-state index is 13.2. The van der Waals surface area contributed by atoms with Crippen LogP contribution in [0.3, 0.4) is 0 Å². The van der Waals surface area contributed by atoms with Crippen LogP contribution in [0, 0.1) is 17.7 Å². The second-order valence-corrected chi connectivity index (χ2v) is 9.88. The molecule has 1 atom stereocenters. The van der Waals surface area contributed by atoms with Crippen LogP contribution in [0.25, 0.3) is 0 Å². The molecule has 0 spiro atoms. The third-order valence-corrected chi connectivity index (χ3v) is 6.55. The first-order chi connectivity index (χ1) is 17.9. The monoisotopic (exact) mass is 525 g/mol. The Morgan fingerprint density at radius 1 is 1.08 bits per heavy atom. The van der Waals surface area contributed by atoms with Gasteiger partial charge in [0.05, 0.1) is 19.0 Å². The van der Waals surface area contributed by atoms with Crippen LogP contribution >= 0.6 is 0 Å². The molecule has 1 unspecified atom stereocenters. The second-order valence-electron chi connectivity index (χ2n) is 9.88. The van der Waals surface area contributed by atoms with Gasteiger partial charge in [0.15, 0.2) is 0 Å². The summed E-state index contributed by atoms with van der Waals surface area (Å²) in [6.07, 6.45) is -2.08. The molecule has 1 aliphatic rings. The summed E-state index contributed by atoms with van der Waals surface area (Å²) < 4.78 is 51.5. The second kappa shape index (κ2) is 12.3. The number of hydrogen-bond acceptors (Lipinski definition) is 3. The van der Waals surface area contributed by atoms with Gasteiger partial charge >= 0.3 is 6.18 Å². The number of halogens is 4. The number of nitrogens with zero attached hydrogens (tertiary/aromatic N) is 1. The number of rotatable bonds is 12. The molecule has 0 aliphatic heterocycles. The van der Waals surface area contributed by atoms with Gasteiger partial charge in [0, 0.05) is 41.0 Å². The summed E-state index contributed by atoms with van der Waals surface area (Å²) in [6, 6.07) is 12.3. The van der Waals surface area contributed by atoms with E-state index < -0.39 is 12.6 Å². The molecule has 0 bridgehead atoms. The van der Waals surface area contributed by atoms with E-state index in [9.17, 15) is 17.6 Å². The lowest BCUT2D eigenvalue weighted by Gasteiger charge is -2.33. The summed E-state index contributed by atoms with van der Waals surface area (Å²) in [5, 5.41) is 3.34. The first-order valence-electron chi connectivity index (χ1n) is 12.7. The van der Waals surface area contributed by atoms with Gasteiger partial charge in [-0.2, -0.15) is 13.2 Å². The Bertz CT molecular complexity index is 1200. The van der Waals surface area contributed by atoms with E-state index in [1.807, 2.05) is 0 Å². The van der Waals surface area contributed by atoms with Gasteiger partial charge in [-0.05, 0) is 54.7 Å². The number of nitrogens with two attached hydrogens (primary N) is 1. The Morgan fingerprint density at radius 2 is 1.71 bits per heavy atom. The maximum absolute atomic E-state index is 13.2. The van der Waals surface area contributed by atoms with Crippen LogP contribution in [0.5, 0.6) is 0 Å². The zero-order chi connectivity index (χ0) is 27.9. The standard InChI is InChI=1S/C31H35F4N3/c1-5-18-38(24(4)30(16-17-30)27-11-6-26(7-12-27)20-31(33,34)35)21-23(3)37-29(19-22(2)36)15-10-25-8-13-28(32)14-9-25/h6-9,11-14,29,37H,2-5,16-21,36H2,1H3. The highest BCUT2D eigenvalue weighted by atomic mass is 19.4. The van der Waals surface area contributed by atoms with Gasteiger partial charge in [0.2, 0.25) is 0 Å². The summed E-state index contributed by atoms with van der Waals surface area (Å²) in [4.78, 5) is 2.17. The highest BCUT2D eigenvalue weighted by Crippen LogP contribution is 2.54. The minimum Gasteiger partial charge on any atom is -0.402 e. The van der Waals surface area contributed by atoms with E-state index in [0.29, 0.717) is 24.2 Å². The van der Waals surface area contributed by atoms with E-state index >= 15 is 0 Å². The van der Waals surface area contributed by atoms with Gasteiger partial charge in [-0.25, -0.2) is 4.39 Å². The van der Waals surface area contributed by atoms with Crippen LogP contribution in [-0.4, -0.2) is 30.2 Å². The van der Waals surface area contributed by atoms with Gasteiger partial charge < -0.3 is 16.0 Å². The Morgan fingerprint density at radius 3 is 2.24 bits per heavy atom. The first kappa shape index (κ1) is 28.9. The minimum absolute atomic E-state index is 0.250. The number of hydrogen-bond donors (Lipinski definition) is 2. The molecule has 3 N–H and O–H groups in total. The summed E-state index contributed by atoms with van der Waals surface area (Å²) in [7, 11) is 0. The molecule has 2 aromatic carbocycles. The van der Waals surface area contributed by atoms with Crippen molar-refractivity contribution in [1.82, 2.24) is 10.2 Å². The Labute approximate surface area is 223 Å². The Kier molecular flexibility index (Phi) is 9.32. The van der Waals surface area contributed by atoms with Gasteiger partial charge in [-0.1, -0.05) is 62.8 Å². The molecule has 7 heteroatoms. The lowest BCUT2D eigenvalue weighted by atomic mass is 9.90. The van der Waals surface area contributed by atoms with Crippen LogP contribution in [-0.2, 0) is 11.8 Å². The lowest BCUT2D eigenvalue weighted by molar-refractivity contribution is -0.127. The molecule has 1 saturated carbocycles. The van der Waals surface area contributed by atoms with Crippen LogP contribution in [0.2, 0.25) is 0 Å². The smallest absolute Gasteiger partial charge is 0.393 e. The molecule has 3 nitrogen and oxygen atoms in total. The fourth-order valence-corrected chi connectivity index (χ4v) is 4.55. The zero-order valence-corrected chi connectivity index (χ0v) is 21.8. The molecule has 2 aromatic rings. The Hall–Kier alpha value is -3.66. The van der Waals surface area contributed by atoms with Crippen molar-refractivity contribution >= 4 is 0 Å². The van der Waals surface area contributed by atoms with E-state index in [2.05, 4.69) is 48.7 Å². The van der Waals surface area contributed by atoms with E-state index in [4.69, 9.17) is 5.73 Å². The van der Waals surface area contributed by atoms with Crippen LogP contribution in [0.4, 0.5) is 17.6 Å². The highest BCUT2D eigenvalue weighted by Gasteiger charge is 2.48. The topological polar surface area (TPSA) is 41.3 Å². The summed E-state index contributed by atoms with van der Waals surface area (Å²) in [5.41, 5.74) is 9.64. The predicted octanol–water partition coefficient (Wildman–Crippen LogP) is 6.57. The van der Waals surface area contributed by atoms with Crippen LogP contribution in [0.1, 0.15) is 49.3 Å². The van der Waals surface area contributed by atoms with Crippen molar-refractivity contribution in [2.24, 2.45) is 5.73 Å². The van der Waals surface area contributed by atoms with Crippen molar-refractivity contribution in [1.29, 1.82) is 0 Å². The van der Waals surface area contributed by atoms with Crippen molar-refractivity contribution in [3.63, 3.8) is 0 Å². The van der Waals surface area contributed by atoms with Gasteiger partial charge in [-0.3, -0.25) is 0 Å². The third-order valence-electron chi connectivity index (χ3n) is 6.55. The van der Waals surface area contributed by atoms with Gasteiger partial charge in [-0.15, -0.1) is 0 Å². The quantitative estimate of drug-likeness (QED) is 0.243. The first-order valence-corrected chi connectivity index (χ1v) is 12.7. The molecule has 38 heavy (non-hydrogen) atoms. The molecule has 202 valence electrons. The average molecular weight is 526 g/mol. The summed E-state index contributed by atoms with van der Waals surface area (Å²) in [5.74, 6) is 5.85. The molecule has 0 amide bonds. The lowest BCUT2D eigenvalue weighted by Crippen LogP contribution is -2.37. The fraction of sp³-hybridized carbons (Fsp3) is 0.355. The summed E-state index contributed by atoms with van der Waals surface area (Å²) in [6.45, 7) is 15.7. The number of alkyl halides is 3. The van der Waals surface area contributed by atoms with E-state index in [0.717, 1.165) is 42.8 Å². The predicted molar refractivity (Wildman–Crippen MR) is 145 cm³/mol. The van der Waals surface area contributed by atoms with Crippen molar-refractivity contribution in [3.05, 3.63) is 108 Å². The molecule has 1 aliphatic carbocycles. The van der Waals surface area contributed by atoms with E-state index in [1.165, 1.54) is 12.1 Å². The van der Waals surface area contributed by atoms with Crippen LogP contribution < -0.4 is 11.1 Å². The molecule has 3 rings (SSSR count). The number of nitrogens with one attached hydrogen (secondary N) is 1. The summed E-state index contributed by atoms with van der Waals surface area (Å²) >= 11 is 0. The molecule has 1 fully saturated rings. The third kappa shape index (κ3) is 8.17. The SMILES string of the molecule is C=C(N)CC(C#Cc1ccc(F)cc1)NC(=C)CN(CCC)C(=C)C1(c2ccc(CC(F)(F)F)cc2)CC1. The van der Waals surface area contributed by atoms with Crippen molar-refractivity contribution in [2.45, 2.75) is 56.7 Å². The molecular weight excluding hydrogens is 490 g/mol. The zero-order valence-electron chi connectivity index (χ0n) is 21.8. The van der Waals surface area contributed by atoms with Crippen LogP contribution in [0.15, 0.2) is 85.4 Å².